The lowest BCUT2D eigenvalue weighted by atomic mass is 10.1. The van der Waals surface area contributed by atoms with E-state index in [1.807, 2.05) is 4.90 Å². The summed E-state index contributed by atoms with van der Waals surface area (Å²) >= 11 is 0. The molecule has 2 N–H and O–H groups in total. The Bertz CT molecular complexity index is 912. The zero-order chi connectivity index (χ0) is 21.2. The highest BCUT2D eigenvalue weighted by atomic mass is 35.5. The summed E-state index contributed by atoms with van der Waals surface area (Å²) in [6.45, 7) is 4.55. The van der Waals surface area contributed by atoms with Crippen LogP contribution in [0, 0.1) is 17.0 Å². The molecule has 2 aromatic rings. The number of nitrogens with two attached hydrogens (primary N) is 1. The molecule has 0 unspecified atom stereocenters. The Labute approximate surface area is 191 Å². The molecule has 1 aliphatic heterocycles. The van der Waals surface area contributed by atoms with Crippen LogP contribution in [0.2, 0.25) is 0 Å². The number of rotatable bonds is 4. The minimum absolute atomic E-state index is 0. The first-order chi connectivity index (χ1) is 13.6. The summed E-state index contributed by atoms with van der Waals surface area (Å²) in [5.41, 5.74) is 7.56. The van der Waals surface area contributed by atoms with Crippen molar-refractivity contribution in [2.45, 2.75) is 26.1 Å². The summed E-state index contributed by atoms with van der Waals surface area (Å²) in [4.78, 5) is 15.1. The first-order valence-electron chi connectivity index (χ1n) is 9.33. The summed E-state index contributed by atoms with van der Waals surface area (Å²) < 4.78 is 38.8. The van der Waals surface area contributed by atoms with Gasteiger partial charge in [-0.3, -0.25) is 15.0 Å². The number of nitrogens with zero attached hydrogens (tertiary/aromatic N) is 3. The molecule has 31 heavy (non-hydrogen) atoms. The molecule has 0 atom stereocenters. The Morgan fingerprint density at radius 3 is 2.45 bits per heavy atom. The standard InChI is InChI=1S/C20H23F3N4O2.2ClH/c1-14-10-19(27(28)29)18(12-17(14)24)26-7-3-6-25(8-9-26)13-15-4-2-5-16(11-15)20(21,22)23;;/h2,4-5,10-12H,3,6-9,13,24H2,1H3;2*1H. The second kappa shape index (κ2) is 10.9. The van der Waals surface area contributed by atoms with Crippen molar-refractivity contribution < 1.29 is 18.1 Å². The number of alkyl halides is 3. The minimum atomic E-state index is -4.37. The van der Waals surface area contributed by atoms with Crippen LogP contribution >= 0.6 is 24.8 Å². The van der Waals surface area contributed by atoms with Gasteiger partial charge in [-0.15, -0.1) is 24.8 Å². The van der Waals surface area contributed by atoms with Gasteiger partial charge in [0.2, 0.25) is 0 Å². The van der Waals surface area contributed by atoms with Gasteiger partial charge in [-0.1, -0.05) is 18.2 Å². The normalized spacial score (nSPS) is 14.9. The zero-order valence-corrected chi connectivity index (χ0v) is 18.5. The minimum Gasteiger partial charge on any atom is -0.398 e. The van der Waals surface area contributed by atoms with E-state index in [0.717, 1.165) is 12.5 Å². The Hall–Kier alpha value is -2.23. The molecule has 3 rings (SSSR count). The lowest BCUT2D eigenvalue weighted by molar-refractivity contribution is -0.384. The number of nitro benzene ring substituents is 1. The van der Waals surface area contributed by atoms with Gasteiger partial charge in [-0.2, -0.15) is 13.2 Å². The van der Waals surface area contributed by atoms with E-state index in [0.29, 0.717) is 55.2 Å². The molecule has 1 fully saturated rings. The van der Waals surface area contributed by atoms with Gasteiger partial charge in [0.15, 0.2) is 0 Å². The molecule has 0 amide bonds. The summed E-state index contributed by atoms with van der Waals surface area (Å²) in [6, 6.07) is 8.46. The smallest absolute Gasteiger partial charge is 0.398 e. The molecular weight excluding hydrogens is 456 g/mol. The molecule has 172 valence electrons. The fourth-order valence-electron chi connectivity index (χ4n) is 3.57. The van der Waals surface area contributed by atoms with E-state index in [-0.39, 0.29) is 30.5 Å². The molecule has 11 heteroatoms. The third kappa shape index (κ3) is 6.62. The predicted molar refractivity (Wildman–Crippen MR) is 120 cm³/mol. The number of nitro groups is 1. The highest BCUT2D eigenvalue weighted by Crippen LogP contribution is 2.33. The molecule has 2 aromatic carbocycles. The van der Waals surface area contributed by atoms with Crippen molar-refractivity contribution in [1.82, 2.24) is 4.90 Å². The molecule has 0 radical (unpaired) electrons. The summed E-state index contributed by atoms with van der Waals surface area (Å²) in [7, 11) is 0. The number of hydrogen-bond donors (Lipinski definition) is 1. The number of benzene rings is 2. The average molecular weight is 481 g/mol. The van der Waals surface area contributed by atoms with Gasteiger partial charge in [0.25, 0.3) is 5.69 Å². The molecule has 0 aromatic heterocycles. The number of hydrogen-bond acceptors (Lipinski definition) is 5. The van der Waals surface area contributed by atoms with E-state index in [4.69, 9.17) is 5.73 Å². The monoisotopic (exact) mass is 480 g/mol. The Balaban J connectivity index is 0.00000240. The van der Waals surface area contributed by atoms with E-state index < -0.39 is 16.7 Å². The van der Waals surface area contributed by atoms with Crippen molar-refractivity contribution in [2.24, 2.45) is 0 Å². The molecule has 0 spiro atoms. The summed E-state index contributed by atoms with van der Waals surface area (Å²) in [5.74, 6) is 0. The second-order valence-corrected chi connectivity index (χ2v) is 7.27. The zero-order valence-electron chi connectivity index (χ0n) is 16.9. The van der Waals surface area contributed by atoms with Crippen molar-refractivity contribution in [3.05, 3.63) is 63.2 Å². The maximum absolute atomic E-state index is 12.9. The Morgan fingerprint density at radius 1 is 1.10 bits per heavy atom. The SMILES string of the molecule is Cc1cc([N+](=O)[O-])c(N2CCCN(Cc3cccc(C(F)(F)F)c3)CC2)cc1N.Cl.Cl. The van der Waals surface area contributed by atoms with Gasteiger partial charge in [-0.25, -0.2) is 0 Å². The van der Waals surface area contributed by atoms with Gasteiger partial charge < -0.3 is 10.6 Å². The van der Waals surface area contributed by atoms with Crippen LogP contribution in [0.4, 0.5) is 30.2 Å². The molecular formula is C20H25Cl2F3N4O2. The van der Waals surface area contributed by atoms with Crippen LogP contribution in [0.5, 0.6) is 0 Å². The van der Waals surface area contributed by atoms with Crippen molar-refractivity contribution in [2.75, 3.05) is 36.8 Å². The fraction of sp³-hybridized carbons (Fsp3) is 0.400. The van der Waals surface area contributed by atoms with Crippen LogP contribution in [0.3, 0.4) is 0 Å². The Morgan fingerprint density at radius 2 is 1.81 bits per heavy atom. The van der Waals surface area contributed by atoms with Crippen LogP contribution in [0.25, 0.3) is 0 Å². The summed E-state index contributed by atoms with van der Waals surface area (Å²) in [5, 5.41) is 11.5. The topological polar surface area (TPSA) is 75.6 Å². The van der Waals surface area contributed by atoms with Crippen LogP contribution in [0.15, 0.2) is 36.4 Å². The van der Waals surface area contributed by atoms with E-state index in [1.165, 1.54) is 18.2 Å². The van der Waals surface area contributed by atoms with E-state index in [2.05, 4.69) is 4.90 Å². The molecule has 0 bridgehead atoms. The Kier molecular flexibility index (Phi) is 9.41. The highest BCUT2D eigenvalue weighted by molar-refractivity contribution is 5.85. The van der Waals surface area contributed by atoms with Crippen LogP contribution < -0.4 is 10.6 Å². The molecule has 1 saturated heterocycles. The predicted octanol–water partition coefficient (Wildman–Crippen LogP) is 5.06. The van der Waals surface area contributed by atoms with Gasteiger partial charge in [0, 0.05) is 44.5 Å². The molecule has 0 aliphatic carbocycles. The van der Waals surface area contributed by atoms with Gasteiger partial charge in [0.1, 0.15) is 5.69 Å². The van der Waals surface area contributed by atoms with Crippen molar-refractivity contribution >= 4 is 41.9 Å². The molecule has 6 nitrogen and oxygen atoms in total. The average Bonchev–Trinajstić information content (AvgIpc) is 2.88. The number of halogens is 5. The van der Waals surface area contributed by atoms with E-state index in [1.54, 1.807) is 19.1 Å². The van der Waals surface area contributed by atoms with Gasteiger partial charge in [0.05, 0.1) is 10.5 Å². The first kappa shape index (κ1) is 26.8. The first-order valence-corrected chi connectivity index (χ1v) is 9.33. The third-order valence-corrected chi connectivity index (χ3v) is 5.15. The largest absolute Gasteiger partial charge is 0.416 e. The van der Waals surface area contributed by atoms with Gasteiger partial charge in [-0.05, 0) is 36.6 Å². The van der Waals surface area contributed by atoms with Crippen LogP contribution in [-0.2, 0) is 12.7 Å². The quantitative estimate of drug-likeness (QED) is 0.376. The second-order valence-electron chi connectivity index (χ2n) is 7.27. The van der Waals surface area contributed by atoms with Crippen LogP contribution in [0.1, 0.15) is 23.1 Å². The van der Waals surface area contributed by atoms with Crippen LogP contribution in [-0.4, -0.2) is 36.0 Å². The lowest BCUT2D eigenvalue weighted by Crippen LogP contribution is -2.31. The third-order valence-electron chi connectivity index (χ3n) is 5.15. The lowest BCUT2D eigenvalue weighted by Gasteiger charge is -2.24. The van der Waals surface area contributed by atoms with E-state index >= 15 is 0 Å². The van der Waals surface area contributed by atoms with Crippen molar-refractivity contribution in [3.63, 3.8) is 0 Å². The maximum atomic E-state index is 12.9. The van der Waals surface area contributed by atoms with E-state index in [9.17, 15) is 23.3 Å². The molecule has 1 aliphatic rings. The van der Waals surface area contributed by atoms with Gasteiger partial charge >= 0.3 is 6.18 Å². The number of anilines is 2. The fourth-order valence-corrected chi connectivity index (χ4v) is 3.57. The summed E-state index contributed by atoms with van der Waals surface area (Å²) in [6.07, 6.45) is -3.63. The van der Waals surface area contributed by atoms with Crippen molar-refractivity contribution in [3.8, 4) is 0 Å². The molecule has 0 saturated carbocycles. The number of aryl methyl sites for hydroxylation is 1. The molecule has 1 heterocycles. The maximum Gasteiger partial charge on any atom is 0.416 e. The number of nitrogen functional groups attached to an aromatic ring is 1. The highest BCUT2D eigenvalue weighted by Gasteiger charge is 2.30. The van der Waals surface area contributed by atoms with Crippen molar-refractivity contribution in [1.29, 1.82) is 0 Å².